The first-order valence-electron chi connectivity index (χ1n) is 6.83. The van der Waals surface area contributed by atoms with Crippen molar-refractivity contribution in [3.63, 3.8) is 0 Å². The molecule has 1 aromatic rings. The molecule has 5 heteroatoms. The highest BCUT2D eigenvalue weighted by molar-refractivity contribution is 9.10. The first-order valence-corrected chi connectivity index (χ1v) is 8.03. The highest BCUT2D eigenvalue weighted by Gasteiger charge is 2.36. The van der Waals surface area contributed by atoms with Crippen molar-refractivity contribution in [2.45, 2.75) is 44.6 Å². The van der Waals surface area contributed by atoms with Crippen LogP contribution >= 0.6 is 28.1 Å². The van der Waals surface area contributed by atoms with Crippen molar-refractivity contribution in [3.05, 3.63) is 33.8 Å². The molecule has 3 N–H and O–H groups in total. The highest BCUT2D eigenvalue weighted by atomic mass is 79.9. The van der Waals surface area contributed by atoms with Crippen LogP contribution in [0.25, 0.3) is 0 Å². The van der Waals surface area contributed by atoms with E-state index in [1.165, 1.54) is 6.42 Å². The average molecular weight is 355 g/mol. The van der Waals surface area contributed by atoms with Gasteiger partial charge in [0.05, 0.1) is 10.5 Å². The van der Waals surface area contributed by atoms with Crippen molar-refractivity contribution in [2.75, 3.05) is 0 Å². The van der Waals surface area contributed by atoms with Gasteiger partial charge in [-0.15, -0.1) is 0 Å². The van der Waals surface area contributed by atoms with Crippen LogP contribution in [-0.4, -0.2) is 16.4 Å². The molecule has 1 amide bonds. The van der Waals surface area contributed by atoms with Gasteiger partial charge in [0.2, 0.25) is 0 Å². The minimum atomic E-state index is -0.514. The Labute approximate surface area is 133 Å². The zero-order valence-electron chi connectivity index (χ0n) is 11.5. The molecule has 0 aromatic heterocycles. The van der Waals surface area contributed by atoms with E-state index in [1.807, 2.05) is 25.1 Å². The van der Waals surface area contributed by atoms with E-state index in [1.54, 1.807) is 0 Å². The summed E-state index contributed by atoms with van der Waals surface area (Å²) in [6.07, 6.45) is 4.95. The Kier molecular flexibility index (Phi) is 4.81. The van der Waals surface area contributed by atoms with Gasteiger partial charge in [-0.1, -0.05) is 53.5 Å². The molecule has 3 nitrogen and oxygen atoms in total. The van der Waals surface area contributed by atoms with Gasteiger partial charge in [0.15, 0.2) is 0 Å². The van der Waals surface area contributed by atoms with Crippen LogP contribution in [0.3, 0.4) is 0 Å². The largest absolute Gasteiger partial charge is 0.391 e. The van der Waals surface area contributed by atoms with Crippen molar-refractivity contribution < 1.29 is 4.79 Å². The number of hydrogen-bond donors (Lipinski definition) is 2. The maximum Gasteiger partial charge on any atom is 0.252 e. The van der Waals surface area contributed by atoms with E-state index in [-0.39, 0.29) is 5.91 Å². The van der Waals surface area contributed by atoms with Crippen molar-refractivity contribution in [1.82, 2.24) is 5.32 Å². The third kappa shape index (κ3) is 3.20. The fourth-order valence-electron chi connectivity index (χ4n) is 2.71. The summed E-state index contributed by atoms with van der Waals surface area (Å²) < 4.78 is 0.890. The van der Waals surface area contributed by atoms with Gasteiger partial charge in [-0.25, -0.2) is 0 Å². The third-order valence-electron chi connectivity index (χ3n) is 3.98. The summed E-state index contributed by atoms with van der Waals surface area (Å²) in [6, 6.07) is 5.68. The Balaban J connectivity index is 2.24. The summed E-state index contributed by atoms with van der Waals surface area (Å²) in [5.41, 5.74) is 7.00. The Hall–Kier alpha value is -0.940. The van der Waals surface area contributed by atoms with Gasteiger partial charge >= 0.3 is 0 Å². The van der Waals surface area contributed by atoms with Crippen LogP contribution in [-0.2, 0) is 0 Å². The molecule has 108 valence electrons. The number of hydrogen-bond acceptors (Lipinski definition) is 2. The van der Waals surface area contributed by atoms with Crippen molar-refractivity contribution in [2.24, 2.45) is 5.73 Å². The van der Waals surface area contributed by atoms with E-state index in [9.17, 15) is 4.79 Å². The van der Waals surface area contributed by atoms with Gasteiger partial charge in [-0.05, 0) is 37.5 Å². The van der Waals surface area contributed by atoms with E-state index >= 15 is 0 Å². The van der Waals surface area contributed by atoms with Crippen LogP contribution in [0.15, 0.2) is 22.7 Å². The lowest BCUT2D eigenvalue weighted by molar-refractivity contribution is 0.0907. The number of thiocarbonyl (C=S) groups is 1. The summed E-state index contributed by atoms with van der Waals surface area (Å²) >= 11 is 8.61. The number of carbonyl (C=O) groups is 1. The van der Waals surface area contributed by atoms with E-state index in [0.29, 0.717) is 10.6 Å². The molecule has 0 aliphatic heterocycles. The molecule has 20 heavy (non-hydrogen) atoms. The summed E-state index contributed by atoms with van der Waals surface area (Å²) in [4.78, 5) is 12.9. The molecular weight excluding hydrogens is 336 g/mol. The van der Waals surface area contributed by atoms with E-state index in [2.05, 4.69) is 21.2 Å². The average Bonchev–Trinajstić information content (AvgIpc) is 2.42. The second kappa shape index (κ2) is 6.22. The molecule has 0 radical (unpaired) electrons. The Morgan fingerprint density at radius 1 is 1.35 bits per heavy atom. The molecule has 0 spiro atoms. The maximum atomic E-state index is 12.5. The zero-order chi connectivity index (χ0) is 14.8. The summed E-state index contributed by atoms with van der Waals surface area (Å²) in [6.45, 7) is 1.93. The van der Waals surface area contributed by atoms with Gasteiger partial charge < -0.3 is 11.1 Å². The van der Waals surface area contributed by atoms with Crippen LogP contribution in [0.1, 0.15) is 48.0 Å². The number of amides is 1. The maximum absolute atomic E-state index is 12.5. The topological polar surface area (TPSA) is 55.1 Å². The van der Waals surface area contributed by atoms with Gasteiger partial charge in [0, 0.05) is 10.0 Å². The first-order chi connectivity index (χ1) is 9.44. The molecule has 1 aromatic carbocycles. The zero-order valence-corrected chi connectivity index (χ0v) is 13.9. The minimum absolute atomic E-state index is 0.0986. The monoisotopic (exact) mass is 354 g/mol. The summed E-state index contributed by atoms with van der Waals surface area (Å²) in [5.74, 6) is -0.0986. The van der Waals surface area contributed by atoms with E-state index in [4.69, 9.17) is 18.0 Å². The van der Waals surface area contributed by atoms with Gasteiger partial charge in [0.1, 0.15) is 0 Å². The second-order valence-electron chi connectivity index (χ2n) is 5.42. The Morgan fingerprint density at radius 3 is 2.60 bits per heavy atom. The Morgan fingerprint density at radius 2 is 2.00 bits per heavy atom. The summed E-state index contributed by atoms with van der Waals surface area (Å²) in [7, 11) is 0. The van der Waals surface area contributed by atoms with Crippen LogP contribution in [0.5, 0.6) is 0 Å². The molecule has 0 heterocycles. The SMILES string of the molecule is Cc1ccc(Br)cc1C(=O)NC1(C(N)=S)CCCCC1. The minimum Gasteiger partial charge on any atom is -0.391 e. The molecule has 1 aliphatic rings. The standard InChI is InChI=1S/C15H19BrN2OS/c1-10-5-6-11(16)9-12(10)13(19)18-15(14(17)20)7-3-2-4-8-15/h5-6,9H,2-4,7-8H2,1H3,(H2,17,20)(H,18,19). The quantitative estimate of drug-likeness (QED) is 0.817. The number of benzene rings is 1. The number of rotatable bonds is 3. The van der Waals surface area contributed by atoms with E-state index in [0.717, 1.165) is 35.7 Å². The number of carbonyl (C=O) groups excluding carboxylic acids is 1. The predicted octanol–water partition coefficient (Wildman–Crippen LogP) is 3.48. The molecule has 1 aliphatic carbocycles. The fourth-order valence-corrected chi connectivity index (χ4v) is 3.33. The molecule has 1 saturated carbocycles. The molecular formula is C15H19BrN2OS. The van der Waals surface area contributed by atoms with Gasteiger partial charge in [0.25, 0.3) is 5.91 Å². The van der Waals surface area contributed by atoms with Crippen molar-refractivity contribution in [3.8, 4) is 0 Å². The van der Waals surface area contributed by atoms with Crippen LogP contribution in [0.2, 0.25) is 0 Å². The smallest absolute Gasteiger partial charge is 0.252 e. The number of nitrogens with two attached hydrogens (primary N) is 1. The first kappa shape index (κ1) is 15.4. The molecule has 0 saturated heterocycles. The Bertz CT molecular complexity index is 539. The fraction of sp³-hybridized carbons (Fsp3) is 0.467. The number of nitrogens with one attached hydrogen (secondary N) is 1. The molecule has 0 unspecified atom stereocenters. The number of aryl methyl sites for hydroxylation is 1. The van der Waals surface area contributed by atoms with E-state index < -0.39 is 5.54 Å². The second-order valence-corrected chi connectivity index (χ2v) is 6.78. The number of halogens is 1. The van der Waals surface area contributed by atoms with Crippen molar-refractivity contribution >= 4 is 39.0 Å². The molecule has 0 bridgehead atoms. The molecule has 0 atom stereocenters. The lowest BCUT2D eigenvalue weighted by Crippen LogP contribution is -2.57. The molecule has 1 fully saturated rings. The lowest BCUT2D eigenvalue weighted by Gasteiger charge is -2.37. The van der Waals surface area contributed by atoms with Gasteiger partial charge in [-0.2, -0.15) is 0 Å². The van der Waals surface area contributed by atoms with Crippen LogP contribution < -0.4 is 11.1 Å². The highest BCUT2D eigenvalue weighted by Crippen LogP contribution is 2.29. The van der Waals surface area contributed by atoms with Crippen LogP contribution in [0, 0.1) is 6.92 Å². The summed E-state index contributed by atoms with van der Waals surface area (Å²) in [5, 5.41) is 3.09. The van der Waals surface area contributed by atoms with Crippen molar-refractivity contribution in [1.29, 1.82) is 0 Å². The molecule has 2 rings (SSSR count). The van der Waals surface area contributed by atoms with Crippen LogP contribution in [0.4, 0.5) is 0 Å². The van der Waals surface area contributed by atoms with Gasteiger partial charge in [-0.3, -0.25) is 4.79 Å². The third-order valence-corrected chi connectivity index (χ3v) is 4.86. The normalized spacial score (nSPS) is 17.5. The predicted molar refractivity (Wildman–Crippen MR) is 88.9 cm³/mol. The lowest BCUT2D eigenvalue weighted by atomic mass is 9.81.